The van der Waals surface area contributed by atoms with Crippen LogP contribution in [0.25, 0.3) is 10.2 Å². The molecule has 0 atom stereocenters. The Hall–Kier alpha value is -2.21. The van der Waals surface area contributed by atoms with Crippen molar-refractivity contribution in [2.24, 2.45) is 0 Å². The van der Waals surface area contributed by atoms with E-state index >= 15 is 0 Å². The Morgan fingerprint density at radius 1 is 1.32 bits per heavy atom. The van der Waals surface area contributed by atoms with E-state index in [-0.39, 0.29) is 11.9 Å². The molecule has 2 heterocycles. The van der Waals surface area contributed by atoms with E-state index in [0.717, 1.165) is 21.5 Å². The molecule has 0 aliphatic rings. The number of aryl methyl sites for hydroxylation is 2. The minimum atomic E-state index is -0.175. The van der Waals surface area contributed by atoms with E-state index < -0.39 is 0 Å². The number of carbonyl (C=O) groups is 1. The summed E-state index contributed by atoms with van der Waals surface area (Å²) in [4.78, 5) is 17.0. The van der Waals surface area contributed by atoms with E-state index in [0.29, 0.717) is 10.8 Å². The Bertz CT molecular complexity index is 847. The fraction of sp³-hybridized carbons (Fsp3) is 0.312. The number of nitrogens with one attached hydrogen (secondary N) is 1. The van der Waals surface area contributed by atoms with E-state index in [9.17, 15) is 4.79 Å². The van der Waals surface area contributed by atoms with Gasteiger partial charge in [-0.2, -0.15) is 5.10 Å². The van der Waals surface area contributed by atoms with Crippen molar-refractivity contribution in [2.75, 3.05) is 5.32 Å². The second-order valence-corrected chi connectivity index (χ2v) is 6.63. The van der Waals surface area contributed by atoms with Gasteiger partial charge in [-0.1, -0.05) is 23.5 Å². The number of hydrogen-bond acceptors (Lipinski definition) is 4. The fourth-order valence-electron chi connectivity index (χ4n) is 2.38. The molecule has 0 aliphatic carbocycles. The van der Waals surface area contributed by atoms with Crippen LogP contribution >= 0.6 is 11.3 Å². The summed E-state index contributed by atoms with van der Waals surface area (Å²) in [7, 11) is 0. The first-order valence-electron chi connectivity index (χ1n) is 7.19. The second-order valence-electron chi connectivity index (χ2n) is 5.60. The molecule has 2 aromatic heterocycles. The van der Waals surface area contributed by atoms with Crippen molar-refractivity contribution in [1.82, 2.24) is 14.8 Å². The molecule has 0 radical (unpaired) electrons. The van der Waals surface area contributed by atoms with Crippen molar-refractivity contribution in [3.05, 3.63) is 41.2 Å². The first kappa shape index (κ1) is 14.7. The minimum Gasteiger partial charge on any atom is -0.296 e. The summed E-state index contributed by atoms with van der Waals surface area (Å²) in [6.45, 7) is 7.91. The van der Waals surface area contributed by atoms with Crippen LogP contribution < -0.4 is 5.32 Å². The van der Waals surface area contributed by atoms with Gasteiger partial charge in [0.25, 0.3) is 5.91 Å². The van der Waals surface area contributed by atoms with Gasteiger partial charge in [-0.3, -0.25) is 14.8 Å². The van der Waals surface area contributed by atoms with Gasteiger partial charge >= 0.3 is 0 Å². The number of hydrogen-bond donors (Lipinski definition) is 1. The van der Waals surface area contributed by atoms with Crippen LogP contribution in [-0.2, 0) is 0 Å². The molecule has 0 spiro atoms. The lowest BCUT2D eigenvalue weighted by Crippen LogP contribution is -2.18. The number of thiazole rings is 1. The van der Waals surface area contributed by atoms with Gasteiger partial charge in [0.15, 0.2) is 5.13 Å². The molecule has 0 bridgehead atoms. The molecule has 3 aromatic rings. The maximum Gasteiger partial charge on any atom is 0.275 e. The highest BCUT2D eigenvalue weighted by Crippen LogP contribution is 2.28. The second kappa shape index (κ2) is 5.53. The van der Waals surface area contributed by atoms with Crippen LogP contribution in [0.1, 0.15) is 41.6 Å². The number of aromatic nitrogens is 3. The first-order chi connectivity index (χ1) is 10.5. The maximum absolute atomic E-state index is 12.5. The van der Waals surface area contributed by atoms with Crippen LogP contribution in [0.15, 0.2) is 24.3 Å². The molecule has 1 amide bonds. The first-order valence-corrected chi connectivity index (χ1v) is 8.01. The Morgan fingerprint density at radius 3 is 2.77 bits per heavy atom. The zero-order chi connectivity index (χ0) is 15.9. The third-order valence-electron chi connectivity index (χ3n) is 3.42. The molecule has 1 aromatic carbocycles. The predicted octanol–water partition coefficient (Wildman–Crippen LogP) is 3.94. The van der Waals surface area contributed by atoms with E-state index in [4.69, 9.17) is 0 Å². The normalized spacial score (nSPS) is 11.3. The Labute approximate surface area is 133 Å². The SMILES string of the molecule is Cc1cc(C(=O)Nc2nc3c(C)cccc3s2)n(C(C)C)n1. The Morgan fingerprint density at radius 2 is 2.09 bits per heavy atom. The van der Waals surface area contributed by atoms with Gasteiger partial charge < -0.3 is 0 Å². The van der Waals surface area contributed by atoms with Crippen molar-refractivity contribution in [1.29, 1.82) is 0 Å². The van der Waals surface area contributed by atoms with E-state index in [2.05, 4.69) is 15.4 Å². The smallest absolute Gasteiger partial charge is 0.275 e. The van der Waals surface area contributed by atoms with Gasteiger partial charge in [0.2, 0.25) is 0 Å². The zero-order valence-electron chi connectivity index (χ0n) is 13.0. The molecule has 6 heteroatoms. The lowest BCUT2D eigenvalue weighted by atomic mass is 10.2. The molecule has 0 saturated carbocycles. The van der Waals surface area contributed by atoms with Crippen LogP contribution in [0.2, 0.25) is 0 Å². The molecule has 0 unspecified atom stereocenters. The quantitative estimate of drug-likeness (QED) is 0.796. The molecule has 3 rings (SSSR count). The standard InChI is InChI=1S/C16H18N4OS/c1-9(2)20-12(8-11(4)19-20)15(21)18-16-17-14-10(3)6-5-7-13(14)22-16/h5-9H,1-4H3,(H,17,18,21). The molecule has 1 N–H and O–H groups in total. The van der Waals surface area contributed by atoms with Crippen molar-refractivity contribution >= 4 is 32.6 Å². The number of anilines is 1. The largest absolute Gasteiger partial charge is 0.296 e. The van der Waals surface area contributed by atoms with Crippen LogP contribution in [0.5, 0.6) is 0 Å². The molecular formula is C16H18N4OS. The van der Waals surface area contributed by atoms with Gasteiger partial charge in [-0.05, 0) is 45.4 Å². The highest BCUT2D eigenvalue weighted by Gasteiger charge is 2.17. The third-order valence-corrected chi connectivity index (χ3v) is 4.36. The molecule has 5 nitrogen and oxygen atoms in total. The van der Waals surface area contributed by atoms with Crippen LogP contribution in [-0.4, -0.2) is 20.7 Å². The Balaban J connectivity index is 1.91. The van der Waals surface area contributed by atoms with Crippen molar-refractivity contribution in [3.63, 3.8) is 0 Å². The fourth-order valence-corrected chi connectivity index (χ4v) is 3.32. The van der Waals surface area contributed by atoms with Crippen LogP contribution in [0, 0.1) is 13.8 Å². The monoisotopic (exact) mass is 314 g/mol. The number of rotatable bonds is 3. The van der Waals surface area contributed by atoms with E-state index in [1.54, 1.807) is 10.7 Å². The van der Waals surface area contributed by atoms with Crippen molar-refractivity contribution < 1.29 is 4.79 Å². The number of fused-ring (bicyclic) bond motifs is 1. The number of nitrogens with zero attached hydrogens (tertiary/aromatic N) is 3. The molecule has 114 valence electrons. The number of carbonyl (C=O) groups excluding carboxylic acids is 1. The van der Waals surface area contributed by atoms with Gasteiger partial charge in [-0.25, -0.2) is 4.98 Å². The molecule has 0 aliphatic heterocycles. The van der Waals surface area contributed by atoms with E-state index in [1.807, 2.05) is 45.9 Å². The molecule has 22 heavy (non-hydrogen) atoms. The number of amides is 1. The highest BCUT2D eigenvalue weighted by molar-refractivity contribution is 7.22. The lowest BCUT2D eigenvalue weighted by Gasteiger charge is -2.09. The summed E-state index contributed by atoms with van der Waals surface area (Å²) >= 11 is 1.48. The number of benzene rings is 1. The zero-order valence-corrected chi connectivity index (χ0v) is 13.9. The molecular weight excluding hydrogens is 296 g/mol. The highest BCUT2D eigenvalue weighted by atomic mass is 32.1. The summed E-state index contributed by atoms with van der Waals surface area (Å²) in [5, 5.41) is 7.87. The summed E-state index contributed by atoms with van der Waals surface area (Å²) in [6, 6.07) is 7.96. The average molecular weight is 314 g/mol. The van der Waals surface area contributed by atoms with Crippen molar-refractivity contribution in [2.45, 2.75) is 33.7 Å². The van der Waals surface area contributed by atoms with Crippen LogP contribution in [0.4, 0.5) is 5.13 Å². The van der Waals surface area contributed by atoms with Gasteiger partial charge in [0.05, 0.1) is 15.9 Å². The summed E-state index contributed by atoms with van der Waals surface area (Å²) in [6.07, 6.45) is 0. The van der Waals surface area contributed by atoms with E-state index in [1.165, 1.54) is 11.3 Å². The van der Waals surface area contributed by atoms with Gasteiger partial charge in [-0.15, -0.1) is 0 Å². The lowest BCUT2D eigenvalue weighted by molar-refractivity contribution is 0.101. The predicted molar refractivity (Wildman–Crippen MR) is 89.7 cm³/mol. The summed E-state index contributed by atoms with van der Waals surface area (Å²) in [5.41, 5.74) is 3.44. The molecule has 0 fully saturated rings. The Kier molecular flexibility index (Phi) is 3.70. The van der Waals surface area contributed by atoms with Crippen molar-refractivity contribution in [3.8, 4) is 0 Å². The van der Waals surface area contributed by atoms with Gasteiger partial charge in [0.1, 0.15) is 5.69 Å². The van der Waals surface area contributed by atoms with Gasteiger partial charge in [0, 0.05) is 6.04 Å². The molecule has 0 saturated heterocycles. The van der Waals surface area contributed by atoms with Crippen LogP contribution in [0.3, 0.4) is 0 Å². The summed E-state index contributed by atoms with van der Waals surface area (Å²) < 4.78 is 2.81. The third kappa shape index (κ3) is 2.62. The topological polar surface area (TPSA) is 59.8 Å². The minimum absolute atomic E-state index is 0.132. The average Bonchev–Trinajstić information content (AvgIpc) is 3.03. The maximum atomic E-state index is 12.5. The number of para-hydroxylation sites is 1. The summed E-state index contributed by atoms with van der Waals surface area (Å²) in [5.74, 6) is -0.175.